The number of aryl methyl sites for hydroxylation is 2. The van der Waals surface area contributed by atoms with Gasteiger partial charge in [-0.1, -0.05) is 23.2 Å². The lowest BCUT2D eigenvalue weighted by Gasteiger charge is -1.96. The van der Waals surface area contributed by atoms with Crippen LogP contribution in [0, 0.1) is 0 Å². The zero-order valence-electron chi connectivity index (χ0n) is 19.4. The molecule has 10 nitrogen and oxygen atoms in total. The van der Waals surface area contributed by atoms with Crippen molar-refractivity contribution in [2.24, 2.45) is 34.6 Å². The maximum Gasteiger partial charge on any atom is 0.264 e. The molecule has 0 aliphatic carbocycles. The van der Waals surface area contributed by atoms with E-state index in [1.54, 1.807) is 50.5 Å². The van der Waals surface area contributed by atoms with E-state index in [0.717, 1.165) is 0 Å². The average Bonchev–Trinajstić information content (AvgIpc) is 3.22. The minimum Gasteiger partial charge on any atom is -0.493 e. The highest BCUT2D eigenvalue weighted by atomic mass is 35.5. The van der Waals surface area contributed by atoms with Crippen molar-refractivity contribution >= 4 is 68.2 Å². The van der Waals surface area contributed by atoms with E-state index < -0.39 is 11.8 Å². The molecule has 4 aromatic rings. The Morgan fingerprint density at radius 3 is 1.53 bits per heavy atom. The quantitative estimate of drug-likeness (QED) is 0.200. The third kappa shape index (κ3) is 5.09. The van der Waals surface area contributed by atoms with Gasteiger partial charge in [0.25, 0.3) is 11.8 Å². The number of hydrogen-bond donors (Lipinski definition) is 2. The Bertz CT molecular complexity index is 1440. The van der Waals surface area contributed by atoms with Crippen molar-refractivity contribution in [3.63, 3.8) is 0 Å². The summed E-state index contributed by atoms with van der Waals surface area (Å²) >= 11 is 12.1. The number of fused-ring (bicyclic) bond motifs is 2. The maximum atomic E-state index is 12.1. The second-order valence-corrected chi connectivity index (χ2v) is 9.05. The van der Waals surface area contributed by atoms with Crippen molar-refractivity contribution in [1.29, 1.82) is 0 Å². The second kappa shape index (κ2) is 10.5. The maximum absolute atomic E-state index is 12.1. The normalized spacial score (nSPS) is 12.0. The molecule has 0 radical (unpaired) electrons. The Labute approximate surface area is 215 Å². The first kappa shape index (κ1) is 25.3. The molecule has 0 saturated carbocycles. The first-order valence-corrected chi connectivity index (χ1v) is 11.8. The van der Waals surface area contributed by atoms with E-state index in [4.69, 9.17) is 23.2 Å². The predicted molar refractivity (Wildman–Crippen MR) is 137 cm³/mol. The Morgan fingerprint density at radius 1 is 0.750 bits per heavy atom. The predicted octanol–water partition coefficient (Wildman–Crippen LogP) is 6.87. The molecular weight excluding hydrogens is 507 g/mol. The van der Waals surface area contributed by atoms with Gasteiger partial charge in [-0.05, 0) is 49.2 Å². The smallest absolute Gasteiger partial charge is 0.264 e. The molecule has 2 heterocycles. The van der Waals surface area contributed by atoms with Gasteiger partial charge < -0.3 is 19.3 Å². The monoisotopic (exact) mass is 528 g/mol. The lowest BCUT2D eigenvalue weighted by atomic mass is 10.2. The fourth-order valence-electron chi connectivity index (χ4n) is 3.83. The molecule has 4 rings (SSSR count). The number of rotatable bonds is 7. The average molecular weight is 529 g/mol. The number of carbonyl (C=O) groups is 2. The number of amides is 2. The summed E-state index contributed by atoms with van der Waals surface area (Å²) in [7, 11) is 3.33. The van der Waals surface area contributed by atoms with Crippen LogP contribution in [0.3, 0.4) is 0 Å². The number of azo groups is 2. The molecule has 186 valence electrons. The third-order valence-electron chi connectivity index (χ3n) is 5.76. The molecule has 2 aromatic heterocycles. The number of benzene rings is 2. The van der Waals surface area contributed by atoms with Crippen molar-refractivity contribution in [1.82, 2.24) is 9.13 Å². The number of aromatic hydroxyl groups is 2. The van der Waals surface area contributed by atoms with Crippen LogP contribution >= 0.6 is 23.2 Å². The number of carbonyl (C=O) groups excluding carboxylic acids is 2. The van der Waals surface area contributed by atoms with E-state index in [0.29, 0.717) is 44.7 Å². The van der Waals surface area contributed by atoms with Crippen LogP contribution < -0.4 is 0 Å². The number of unbranched alkanes of at least 4 members (excludes halogenated alkanes) is 1. The number of aromatic nitrogens is 2. The number of halogens is 2. The Kier molecular flexibility index (Phi) is 7.37. The number of hydrogen-bond acceptors (Lipinski definition) is 6. The zero-order valence-corrected chi connectivity index (χ0v) is 21.0. The van der Waals surface area contributed by atoms with Gasteiger partial charge in [0.2, 0.25) is 11.8 Å². The molecule has 12 heteroatoms. The molecule has 0 aliphatic heterocycles. The van der Waals surface area contributed by atoms with Crippen molar-refractivity contribution in [2.75, 3.05) is 0 Å². The molecule has 0 spiro atoms. The van der Waals surface area contributed by atoms with Crippen LogP contribution in [0.15, 0.2) is 56.9 Å². The van der Waals surface area contributed by atoms with Crippen molar-refractivity contribution in [3.8, 4) is 11.8 Å². The van der Waals surface area contributed by atoms with Gasteiger partial charge in [0.1, 0.15) is 0 Å². The highest BCUT2D eigenvalue weighted by Gasteiger charge is 2.16. The Morgan fingerprint density at radius 2 is 1.14 bits per heavy atom. The summed E-state index contributed by atoms with van der Waals surface area (Å²) in [5.74, 6) is -1.22. The van der Waals surface area contributed by atoms with Crippen LogP contribution in [0.5, 0.6) is 11.8 Å². The van der Waals surface area contributed by atoms with Gasteiger partial charge in [0, 0.05) is 47.8 Å². The van der Waals surface area contributed by atoms with Crippen LogP contribution in [0.25, 0.3) is 21.8 Å². The van der Waals surface area contributed by atoms with E-state index in [-0.39, 0.29) is 36.0 Å². The van der Waals surface area contributed by atoms with Gasteiger partial charge in [-0.3, -0.25) is 9.59 Å². The van der Waals surface area contributed by atoms with Gasteiger partial charge in [0.15, 0.2) is 11.4 Å². The third-order valence-corrected chi connectivity index (χ3v) is 6.23. The highest BCUT2D eigenvalue weighted by molar-refractivity contribution is 6.32. The van der Waals surface area contributed by atoms with E-state index in [1.165, 1.54) is 9.13 Å². The minimum absolute atomic E-state index is 0.0722. The molecular formula is C24H22Cl2N6O4. The lowest BCUT2D eigenvalue weighted by Crippen LogP contribution is -1.95. The van der Waals surface area contributed by atoms with Crippen LogP contribution in [0.1, 0.15) is 25.7 Å². The summed E-state index contributed by atoms with van der Waals surface area (Å²) in [5, 5.41) is 37.9. The number of nitrogens with zero attached hydrogens (tertiary/aromatic N) is 6. The SMILES string of the molecule is Cn1c(O)c(N=NC(=O)CCCCC(=O)N=Nc2c(O)n(C)c3ccc(Cl)cc23)c2cc(Cl)ccc21. The molecule has 0 saturated heterocycles. The standard InChI is InChI=1S/C24H22Cl2N6O4/c1-31-17-9-7-13(25)11-15(17)21(23(31)35)29-27-19(33)5-3-4-6-20(34)28-30-22-16-12-14(26)8-10-18(16)32(2)24(22)36/h7-12,35-36H,3-6H2,1-2H3. The van der Waals surface area contributed by atoms with Gasteiger partial charge in [-0.15, -0.1) is 20.5 Å². The summed E-state index contributed by atoms with van der Waals surface area (Å²) in [4.78, 5) is 24.3. The topological polar surface area (TPSA) is 134 Å². The molecule has 0 atom stereocenters. The van der Waals surface area contributed by atoms with Crippen LogP contribution in [0.4, 0.5) is 11.4 Å². The van der Waals surface area contributed by atoms with Gasteiger partial charge in [-0.2, -0.15) is 0 Å². The molecule has 0 fully saturated rings. The summed E-state index contributed by atoms with van der Waals surface area (Å²) < 4.78 is 3.05. The fourth-order valence-corrected chi connectivity index (χ4v) is 4.17. The van der Waals surface area contributed by atoms with Crippen molar-refractivity contribution in [2.45, 2.75) is 25.7 Å². The van der Waals surface area contributed by atoms with E-state index in [2.05, 4.69) is 20.5 Å². The molecule has 2 aromatic carbocycles. The summed E-state index contributed by atoms with van der Waals surface area (Å²) in [6.07, 6.45) is 0.925. The lowest BCUT2D eigenvalue weighted by molar-refractivity contribution is -0.120. The largest absolute Gasteiger partial charge is 0.493 e. The Hall–Kier alpha value is -3.76. The molecule has 36 heavy (non-hydrogen) atoms. The first-order chi connectivity index (χ1) is 17.2. The Balaban J connectivity index is 1.31. The molecule has 2 N–H and O–H groups in total. The minimum atomic E-state index is -0.486. The summed E-state index contributed by atoms with van der Waals surface area (Å²) in [6, 6.07) is 10.1. The second-order valence-electron chi connectivity index (χ2n) is 8.18. The highest BCUT2D eigenvalue weighted by Crippen LogP contribution is 2.40. The molecule has 2 amide bonds. The van der Waals surface area contributed by atoms with Crippen LogP contribution in [-0.4, -0.2) is 31.2 Å². The van der Waals surface area contributed by atoms with Gasteiger partial charge in [-0.25, -0.2) is 0 Å². The van der Waals surface area contributed by atoms with E-state index >= 15 is 0 Å². The summed E-state index contributed by atoms with van der Waals surface area (Å²) in [5.41, 5.74) is 1.73. The molecule has 0 aliphatic rings. The molecule has 0 unspecified atom stereocenters. The van der Waals surface area contributed by atoms with Gasteiger partial charge >= 0.3 is 0 Å². The van der Waals surface area contributed by atoms with Crippen molar-refractivity contribution in [3.05, 3.63) is 46.4 Å². The van der Waals surface area contributed by atoms with Crippen molar-refractivity contribution < 1.29 is 19.8 Å². The van der Waals surface area contributed by atoms with E-state index in [1.807, 2.05) is 0 Å². The first-order valence-electron chi connectivity index (χ1n) is 11.0. The molecule has 0 bridgehead atoms. The van der Waals surface area contributed by atoms with Crippen LogP contribution in [-0.2, 0) is 23.7 Å². The van der Waals surface area contributed by atoms with Gasteiger partial charge in [0.05, 0.1) is 11.0 Å². The van der Waals surface area contributed by atoms with E-state index in [9.17, 15) is 19.8 Å². The summed E-state index contributed by atoms with van der Waals surface area (Å²) in [6.45, 7) is 0. The zero-order chi connectivity index (χ0) is 26.0. The fraction of sp³-hybridized carbons (Fsp3) is 0.250. The van der Waals surface area contributed by atoms with Crippen LogP contribution in [0.2, 0.25) is 10.0 Å².